The summed E-state index contributed by atoms with van der Waals surface area (Å²) in [7, 11) is 0. The topological polar surface area (TPSA) is 29.1 Å². The lowest BCUT2D eigenvalue weighted by Gasteiger charge is -2.19. The van der Waals surface area contributed by atoms with Crippen LogP contribution in [0.4, 0.5) is 5.69 Å². The van der Waals surface area contributed by atoms with E-state index < -0.39 is 0 Å². The first kappa shape index (κ1) is 17.2. The van der Waals surface area contributed by atoms with Crippen molar-refractivity contribution >= 4 is 43.5 Å². The zero-order valence-electron chi connectivity index (χ0n) is 12.9. The molecular formula is C18H19Br2NO. The standard InChI is InChI=1S/C18H19Br2NO/c1-11-9-12(2)17(13(3)10-11)21-18(22)16(20)15(19)14-7-5-4-6-8-14/h4-10,15-16H,1-3H3,(H,21,22)/t15-,16-/m0/s1. The highest BCUT2D eigenvalue weighted by Gasteiger charge is 2.25. The van der Waals surface area contributed by atoms with Crippen molar-refractivity contribution in [1.82, 2.24) is 0 Å². The van der Waals surface area contributed by atoms with Gasteiger partial charge in [-0.25, -0.2) is 0 Å². The second kappa shape index (κ2) is 7.42. The quantitative estimate of drug-likeness (QED) is 0.649. The van der Waals surface area contributed by atoms with Crippen molar-refractivity contribution in [2.75, 3.05) is 5.32 Å². The molecule has 1 N–H and O–H groups in total. The maximum Gasteiger partial charge on any atom is 0.239 e. The number of rotatable bonds is 4. The molecule has 2 rings (SSSR count). The van der Waals surface area contributed by atoms with E-state index in [1.807, 2.05) is 44.2 Å². The summed E-state index contributed by atoms with van der Waals surface area (Å²) in [6.45, 7) is 6.09. The van der Waals surface area contributed by atoms with Crippen molar-refractivity contribution in [3.63, 3.8) is 0 Å². The molecule has 0 heterocycles. The molecule has 22 heavy (non-hydrogen) atoms. The highest BCUT2D eigenvalue weighted by molar-refractivity contribution is 9.12. The molecule has 2 aromatic rings. The Labute approximate surface area is 148 Å². The van der Waals surface area contributed by atoms with E-state index in [9.17, 15) is 4.79 Å². The number of halogens is 2. The molecule has 0 spiro atoms. The fourth-order valence-corrected chi connectivity index (χ4v) is 3.47. The first-order valence-corrected chi connectivity index (χ1v) is 8.95. The average Bonchev–Trinajstić information content (AvgIpc) is 2.50. The molecule has 0 bridgehead atoms. The van der Waals surface area contributed by atoms with E-state index in [4.69, 9.17) is 0 Å². The van der Waals surface area contributed by atoms with Crippen LogP contribution in [0.1, 0.15) is 27.1 Å². The first-order valence-electron chi connectivity index (χ1n) is 7.12. The number of carbonyl (C=O) groups excluding carboxylic acids is 1. The van der Waals surface area contributed by atoms with Crippen LogP contribution in [0.15, 0.2) is 42.5 Å². The van der Waals surface area contributed by atoms with Crippen LogP contribution in [0.3, 0.4) is 0 Å². The Bertz CT molecular complexity index is 647. The lowest BCUT2D eigenvalue weighted by Crippen LogP contribution is -2.27. The number of amides is 1. The maximum atomic E-state index is 12.5. The summed E-state index contributed by atoms with van der Waals surface area (Å²) >= 11 is 7.11. The number of anilines is 1. The fourth-order valence-electron chi connectivity index (χ4n) is 2.51. The zero-order chi connectivity index (χ0) is 16.3. The van der Waals surface area contributed by atoms with Crippen LogP contribution in [0.25, 0.3) is 0 Å². The summed E-state index contributed by atoms with van der Waals surface area (Å²) in [6, 6.07) is 14.1. The summed E-state index contributed by atoms with van der Waals surface area (Å²) in [5.74, 6) is -0.0548. The number of hydrogen-bond acceptors (Lipinski definition) is 1. The maximum absolute atomic E-state index is 12.5. The molecule has 0 aliphatic heterocycles. The number of benzene rings is 2. The molecule has 0 fully saturated rings. The lowest BCUT2D eigenvalue weighted by atomic mass is 10.0. The molecule has 0 aliphatic rings. The molecular weight excluding hydrogens is 406 g/mol. The fraction of sp³-hybridized carbons (Fsp3) is 0.278. The Morgan fingerprint density at radius 3 is 2.09 bits per heavy atom. The molecule has 0 aromatic heterocycles. The molecule has 0 aliphatic carbocycles. The summed E-state index contributed by atoms with van der Waals surface area (Å²) in [5.41, 5.74) is 5.32. The minimum Gasteiger partial charge on any atom is -0.325 e. The normalized spacial score (nSPS) is 13.5. The van der Waals surface area contributed by atoms with Crippen molar-refractivity contribution in [3.8, 4) is 0 Å². The molecule has 2 atom stereocenters. The predicted octanol–water partition coefficient (Wildman–Crippen LogP) is 5.45. The van der Waals surface area contributed by atoms with E-state index in [1.165, 1.54) is 5.56 Å². The number of carbonyl (C=O) groups is 1. The van der Waals surface area contributed by atoms with Crippen molar-refractivity contribution in [2.24, 2.45) is 0 Å². The minimum atomic E-state index is -0.352. The lowest BCUT2D eigenvalue weighted by molar-refractivity contribution is -0.115. The van der Waals surface area contributed by atoms with Gasteiger partial charge in [0.05, 0.1) is 4.83 Å². The highest BCUT2D eigenvalue weighted by atomic mass is 79.9. The van der Waals surface area contributed by atoms with Gasteiger partial charge in [0.25, 0.3) is 0 Å². The van der Waals surface area contributed by atoms with E-state index in [0.29, 0.717) is 0 Å². The molecule has 2 aromatic carbocycles. The van der Waals surface area contributed by atoms with Gasteiger partial charge in [-0.05, 0) is 37.5 Å². The predicted molar refractivity (Wildman–Crippen MR) is 100 cm³/mol. The van der Waals surface area contributed by atoms with E-state index in [-0.39, 0.29) is 15.6 Å². The SMILES string of the molecule is Cc1cc(C)c(NC(=O)[C@@H](Br)[C@@H](Br)c2ccccc2)c(C)c1. The van der Waals surface area contributed by atoms with Crippen molar-refractivity contribution in [1.29, 1.82) is 0 Å². The Kier molecular flexibility index (Phi) is 5.81. The third kappa shape index (κ3) is 3.99. The first-order chi connectivity index (χ1) is 10.4. The summed E-state index contributed by atoms with van der Waals surface area (Å²) in [6.07, 6.45) is 0. The third-order valence-corrected chi connectivity index (χ3v) is 6.26. The van der Waals surface area contributed by atoms with Gasteiger partial charge in [0.15, 0.2) is 0 Å². The van der Waals surface area contributed by atoms with Crippen LogP contribution in [-0.2, 0) is 4.79 Å². The molecule has 0 saturated carbocycles. The second-order valence-corrected chi connectivity index (χ2v) is 7.45. The second-order valence-electron chi connectivity index (χ2n) is 5.48. The van der Waals surface area contributed by atoms with Gasteiger partial charge in [0, 0.05) is 5.69 Å². The van der Waals surface area contributed by atoms with Gasteiger partial charge in [-0.2, -0.15) is 0 Å². The van der Waals surface area contributed by atoms with Gasteiger partial charge < -0.3 is 5.32 Å². The van der Waals surface area contributed by atoms with Gasteiger partial charge in [0.2, 0.25) is 5.91 Å². The molecule has 116 valence electrons. The van der Waals surface area contributed by atoms with Crippen LogP contribution < -0.4 is 5.32 Å². The molecule has 4 heteroatoms. The van der Waals surface area contributed by atoms with Crippen LogP contribution in [0, 0.1) is 20.8 Å². The average molecular weight is 425 g/mol. The van der Waals surface area contributed by atoms with Gasteiger partial charge >= 0.3 is 0 Å². The van der Waals surface area contributed by atoms with Crippen molar-refractivity contribution < 1.29 is 4.79 Å². The number of aryl methyl sites for hydroxylation is 3. The van der Waals surface area contributed by atoms with Gasteiger partial charge in [-0.15, -0.1) is 0 Å². The Morgan fingerprint density at radius 2 is 1.55 bits per heavy atom. The van der Waals surface area contributed by atoms with Crippen LogP contribution >= 0.6 is 31.9 Å². The summed E-state index contributed by atoms with van der Waals surface area (Å²) in [4.78, 5) is 12.1. The molecule has 2 nitrogen and oxygen atoms in total. The van der Waals surface area contributed by atoms with Gasteiger partial charge in [-0.1, -0.05) is 79.9 Å². The van der Waals surface area contributed by atoms with Crippen LogP contribution in [-0.4, -0.2) is 10.7 Å². The monoisotopic (exact) mass is 423 g/mol. The van der Waals surface area contributed by atoms with E-state index >= 15 is 0 Å². The van der Waals surface area contributed by atoms with E-state index in [1.54, 1.807) is 0 Å². The largest absolute Gasteiger partial charge is 0.325 e. The number of nitrogens with one attached hydrogen (secondary N) is 1. The van der Waals surface area contributed by atoms with Crippen molar-refractivity contribution in [3.05, 3.63) is 64.7 Å². The Balaban J connectivity index is 2.16. The smallest absolute Gasteiger partial charge is 0.239 e. The third-order valence-electron chi connectivity index (χ3n) is 3.55. The number of alkyl halides is 2. The molecule has 0 saturated heterocycles. The summed E-state index contributed by atoms with van der Waals surface area (Å²) < 4.78 is 0. The van der Waals surface area contributed by atoms with Crippen LogP contribution in [0.5, 0.6) is 0 Å². The van der Waals surface area contributed by atoms with Gasteiger partial charge in [-0.3, -0.25) is 4.79 Å². The van der Waals surface area contributed by atoms with Crippen molar-refractivity contribution in [2.45, 2.75) is 30.4 Å². The Morgan fingerprint density at radius 1 is 1.00 bits per heavy atom. The Hall–Kier alpha value is -1.13. The zero-order valence-corrected chi connectivity index (χ0v) is 16.0. The molecule has 1 amide bonds. The van der Waals surface area contributed by atoms with Crippen LogP contribution in [0.2, 0.25) is 0 Å². The van der Waals surface area contributed by atoms with Gasteiger partial charge in [0.1, 0.15) is 4.83 Å². The van der Waals surface area contributed by atoms with E-state index in [2.05, 4.69) is 56.2 Å². The minimum absolute atomic E-state index is 0.0548. The van der Waals surface area contributed by atoms with E-state index in [0.717, 1.165) is 22.4 Å². The molecule has 0 unspecified atom stereocenters. The highest BCUT2D eigenvalue weighted by Crippen LogP contribution is 2.32. The number of hydrogen-bond donors (Lipinski definition) is 1. The molecule has 0 radical (unpaired) electrons. The summed E-state index contributed by atoms with van der Waals surface area (Å²) in [5, 5.41) is 3.04.